The molecule has 0 atom stereocenters. The van der Waals surface area contributed by atoms with E-state index in [0.717, 1.165) is 0 Å². The van der Waals surface area contributed by atoms with Crippen LogP contribution < -0.4 is 4.74 Å². The summed E-state index contributed by atoms with van der Waals surface area (Å²) >= 11 is 0. The number of hydrogen-bond acceptors (Lipinski definition) is 6. The lowest BCUT2D eigenvalue weighted by atomic mass is 10.3. The molecule has 1 aliphatic rings. The molecular formula is C19H24N4O6S. The van der Waals surface area contributed by atoms with Crippen molar-refractivity contribution in [3.05, 3.63) is 42.2 Å². The molecule has 2 heterocycles. The highest BCUT2D eigenvalue weighted by molar-refractivity contribution is 7.89. The Morgan fingerprint density at radius 3 is 2.37 bits per heavy atom. The van der Waals surface area contributed by atoms with E-state index in [9.17, 15) is 18.0 Å². The van der Waals surface area contributed by atoms with Crippen LogP contribution in [0.15, 0.2) is 41.6 Å². The summed E-state index contributed by atoms with van der Waals surface area (Å²) in [5, 5.41) is 12.8. The minimum absolute atomic E-state index is 0.0653. The van der Waals surface area contributed by atoms with Crippen LogP contribution in [0.2, 0.25) is 0 Å². The molecule has 1 N–H and O–H groups in total. The van der Waals surface area contributed by atoms with Gasteiger partial charge in [0, 0.05) is 45.3 Å². The van der Waals surface area contributed by atoms with Gasteiger partial charge in [0.05, 0.1) is 23.3 Å². The average Bonchev–Trinajstić information content (AvgIpc) is 3.22. The number of carbonyl (C=O) groups excluding carboxylic acids is 1. The Hall–Kier alpha value is -2.92. The van der Waals surface area contributed by atoms with E-state index < -0.39 is 16.0 Å². The zero-order valence-corrected chi connectivity index (χ0v) is 17.4. The van der Waals surface area contributed by atoms with Crippen LogP contribution in [0, 0.1) is 0 Å². The smallest absolute Gasteiger partial charge is 0.338 e. The van der Waals surface area contributed by atoms with Gasteiger partial charge in [-0.2, -0.15) is 9.40 Å². The number of rotatable bonds is 8. The van der Waals surface area contributed by atoms with Gasteiger partial charge in [0.1, 0.15) is 5.75 Å². The number of aryl methyl sites for hydroxylation is 1. The highest BCUT2D eigenvalue weighted by atomic mass is 32.2. The summed E-state index contributed by atoms with van der Waals surface area (Å²) in [5.41, 5.74) is 0.0653. The molecule has 1 aromatic carbocycles. The number of nitrogens with zero attached hydrogens (tertiary/aromatic N) is 4. The maximum Gasteiger partial charge on any atom is 0.338 e. The average molecular weight is 436 g/mol. The van der Waals surface area contributed by atoms with E-state index in [0.29, 0.717) is 25.4 Å². The normalized spacial score (nSPS) is 15.2. The number of amides is 1. The van der Waals surface area contributed by atoms with Gasteiger partial charge in [-0.3, -0.25) is 9.48 Å². The molecule has 0 aliphatic carbocycles. The Balaban J connectivity index is 1.52. The lowest BCUT2D eigenvalue weighted by Crippen LogP contribution is -2.50. The van der Waals surface area contributed by atoms with Gasteiger partial charge in [0.25, 0.3) is 0 Å². The van der Waals surface area contributed by atoms with Gasteiger partial charge in [-0.25, -0.2) is 13.2 Å². The largest absolute Gasteiger partial charge is 0.494 e. The third-order valence-electron chi connectivity index (χ3n) is 4.80. The number of aromatic nitrogens is 2. The van der Waals surface area contributed by atoms with Gasteiger partial charge in [-0.1, -0.05) is 0 Å². The first kappa shape index (κ1) is 21.8. The predicted molar refractivity (Wildman–Crippen MR) is 107 cm³/mol. The first-order valence-electron chi connectivity index (χ1n) is 9.58. The second-order valence-electron chi connectivity index (χ2n) is 6.74. The van der Waals surface area contributed by atoms with Crippen LogP contribution in [0.5, 0.6) is 5.75 Å². The summed E-state index contributed by atoms with van der Waals surface area (Å²) in [6.45, 7) is 3.65. The molecule has 0 saturated carbocycles. The maximum atomic E-state index is 12.8. The van der Waals surface area contributed by atoms with E-state index in [1.165, 1.54) is 33.5 Å². The molecule has 1 amide bonds. The van der Waals surface area contributed by atoms with Crippen molar-refractivity contribution in [2.45, 2.75) is 24.8 Å². The number of carboxylic acid groups (broad SMARTS) is 1. The molecule has 10 nitrogen and oxygen atoms in total. The van der Waals surface area contributed by atoms with E-state index in [4.69, 9.17) is 9.84 Å². The number of ether oxygens (including phenoxy) is 1. The third kappa shape index (κ3) is 4.97. The van der Waals surface area contributed by atoms with E-state index >= 15 is 0 Å². The van der Waals surface area contributed by atoms with Crippen molar-refractivity contribution in [3.8, 4) is 5.75 Å². The Kier molecular flexibility index (Phi) is 6.73. The van der Waals surface area contributed by atoms with Crippen LogP contribution in [0.4, 0.5) is 0 Å². The van der Waals surface area contributed by atoms with Crippen molar-refractivity contribution in [1.82, 2.24) is 19.0 Å². The standard InChI is InChI=1S/C19H24N4O6S/c1-2-29-16-3-5-17(6-4-16)30(27,28)23-11-9-21(10-12-23)18(24)7-8-22-14-15(13-20-22)19(25)26/h3-6,13-14H,2,7-12H2,1H3,(H,25,26). The quantitative estimate of drug-likeness (QED) is 0.652. The molecule has 0 bridgehead atoms. The summed E-state index contributed by atoms with van der Waals surface area (Å²) in [6, 6.07) is 6.29. The number of piperazine rings is 1. The predicted octanol–water partition coefficient (Wildman–Crippen LogP) is 0.903. The zero-order valence-electron chi connectivity index (χ0n) is 16.6. The van der Waals surface area contributed by atoms with Crippen molar-refractivity contribution in [3.63, 3.8) is 0 Å². The van der Waals surface area contributed by atoms with Crippen molar-refractivity contribution < 1.29 is 27.9 Å². The fraction of sp³-hybridized carbons (Fsp3) is 0.421. The fourth-order valence-electron chi connectivity index (χ4n) is 3.17. The zero-order chi connectivity index (χ0) is 21.7. The maximum absolute atomic E-state index is 12.8. The first-order valence-corrected chi connectivity index (χ1v) is 11.0. The molecule has 1 aliphatic heterocycles. The summed E-state index contributed by atoms with van der Waals surface area (Å²) < 4.78 is 33.8. The lowest BCUT2D eigenvalue weighted by Gasteiger charge is -2.34. The molecule has 30 heavy (non-hydrogen) atoms. The molecular weight excluding hydrogens is 412 g/mol. The van der Waals surface area contributed by atoms with Crippen LogP contribution >= 0.6 is 0 Å². The molecule has 11 heteroatoms. The number of aromatic carboxylic acids is 1. The Morgan fingerprint density at radius 2 is 1.80 bits per heavy atom. The van der Waals surface area contributed by atoms with Crippen LogP contribution in [-0.4, -0.2) is 77.2 Å². The topological polar surface area (TPSA) is 122 Å². The number of carbonyl (C=O) groups is 2. The van der Waals surface area contributed by atoms with Gasteiger partial charge in [0.15, 0.2) is 0 Å². The Morgan fingerprint density at radius 1 is 1.13 bits per heavy atom. The van der Waals surface area contributed by atoms with Crippen molar-refractivity contribution >= 4 is 21.9 Å². The minimum Gasteiger partial charge on any atom is -0.494 e. The SMILES string of the molecule is CCOc1ccc(S(=O)(=O)N2CCN(C(=O)CCn3cc(C(=O)O)cn3)CC2)cc1. The van der Waals surface area contributed by atoms with Crippen molar-refractivity contribution in [2.75, 3.05) is 32.8 Å². The molecule has 0 unspecified atom stereocenters. The van der Waals surface area contributed by atoms with E-state index in [2.05, 4.69) is 5.10 Å². The number of benzene rings is 1. The van der Waals surface area contributed by atoms with Crippen LogP contribution in [-0.2, 0) is 21.4 Å². The van der Waals surface area contributed by atoms with Crippen LogP contribution in [0.25, 0.3) is 0 Å². The molecule has 0 spiro atoms. The first-order chi connectivity index (χ1) is 14.3. The Labute approximate surface area is 174 Å². The summed E-state index contributed by atoms with van der Waals surface area (Å²) in [7, 11) is -3.63. The summed E-state index contributed by atoms with van der Waals surface area (Å²) in [6.07, 6.45) is 2.76. The van der Waals surface area contributed by atoms with Crippen LogP contribution in [0.3, 0.4) is 0 Å². The second kappa shape index (κ2) is 9.26. The van der Waals surface area contributed by atoms with Gasteiger partial charge in [-0.15, -0.1) is 0 Å². The Bertz CT molecular complexity index is 994. The number of sulfonamides is 1. The molecule has 2 aromatic rings. The fourth-order valence-corrected chi connectivity index (χ4v) is 4.59. The van der Waals surface area contributed by atoms with E-state index in [1.807, 2.05) is 6.92 Å². The highest BCUT2D eigenvalue weighted by Crippen LogP contribution is 2.21. The minimum atomic E-state index is -3.63. The molecule has 3 rings (SSSR count). The second-order valence-corrected chi connectivity index (χ2v) is 8.67. The van der Waals surface area contributed by atoms with Crippen molar-refractivity contribution in [1.29, 1.82) is 0 Å². The monoisotopic (exact) mass is 436 g/mol. The number of carboxylic acids is 1. The number of hydrogen-bond donors (Lipinski definition) is 1. The molecule has 162 valence electrons. The van der Waals surface area contributed by atoms with Gasteiger partial charge < -0.3 is 14.7 Å². The van der Waals surface area contributed by atoms with Gasteiger partial charge >= 0.3 is 5.97 Å². The molecule has 1 aromatic heterocycles. The lowest BCUT2D eigenvalue weighted by molar-refractivity contribution is -0.132. The summed E-state index contributed by atoms with van der Waals surface area (Å²) in [4.78, 5) is 25.1. The van der Waals surface area contributed by atoms with Crippen molar-refractivity contribution in [2.24, 2.45) is 0 Å². The van der Waals surface area contributed by atoms with E-state index in [1.54, 1.807) is 17.0 Å². The van der Waals surface area contributed by atoms with Crippen LogP contribution in [0.1, 0.15) is 23.7 Å². The third-order valence-corrected chi connectivity index (χ3v) is 6.71. The van der Waals surface area contributed by atoms with Gasteiger partial charge in [0.2, 0.25) is 15.9 Å². The molecule has 1 saturated heterocycles. The molecule has 0 radical (unpaired) electrons. The summed E-state index contributed by atoms with van der Waals surface area (Å²) in [5.74, 6) is -0.586. The van der Waals surface area contributed by atoms with E-state index in [-0.39, 0.29) is 42.4 Å². The molecule has 1 fully saturated rings. The van der Waals surface area contributed by atoms with Gasteiger partial charge in [-0.05, 0) is 31.2 Å². The highest BCUT2D eigenvalue weighted by Gasteiger charge is 2.30.